The predicted molar refractivity (Wildman–Crippen MR) is 90.7 cm³/mol. The summed E-state index contributed by atoms with van der Waals surface area (Å²) in [7, 11) is 4.66. The molecule has 0 radical (unpaired) electrons. The van der Waals surface area contributed by atoms with E-state index in [9.17, 15) is 10.2 Å². The number of hydrogen-bond donors (Lipinski definition) is 3. The summed E-state index contributed by atoms with van der Waals surface area (Å²) in [5.41, 5.74) is 2.46. The van der Waals surface area contributed by atoms with Crippen molar-refractivity contribution in [2.75, 3.05) is 21.3 Å². The van der Waals surface area contributed by atoms with E-state index in [1.165, 1.54) is 0 Å². The van der Waals surface area contributed by atoms with Crippen LogP contribution >= 0.6 is 0 Å². The van der Waals surface area contributed by atoms with Crippen molar-refractivity contribution in [1.29, 1.82) is 0 Å². The van der Waals surface area contributed by atoms with Gasteiger partial charge in [0.25, 0.3) is 0 Å². The number of methoxy groups -OCH3 is 3. The average Bonchev–Trinajstić information content (AvgIpc) is 3.05. The molecular formula is C18H27NO6. The number of aliphatic hydroxyl groups is 2. The molecule has 1 heterocycles. The highest BCUT2D eigenvalue weighted by Crippen LogP contribution is 2.47. The van der Waals surface area contributed by atoms with E-state index in [0.29, 0.717) is 30.1 Å². The van der Waals surface area contributed by atoms with Crippen molar-refractivity contribution in [2.45, 2.75) is 56.0 Å². The molecule has 2 atom stereocenters. The molecule has 0 spiro atoms. The lowest BCUT2D eigenvalue weighted by Gasteiger charge is -2.41. The minimum atomic E-state index is -1.61. The van der Waals surface area contributed by atoms with Crippen molar-refractivity contribution in [3.8, 4) is 17.2 Å². The summed E-state index contributed by atoms with van der Waals surface area (Å²) in [6.07, 6.45) is 4.15. The molecule has 3 rings (SSSR count). The predicted octanol–water partition coefficient (Wildman–Crippen LogP) is 2.06. The number of benzene rings is 1. The number of rotatable bonds is 5. The molecule has 0 unspecified atom stereocenters. The van der Waals surface area contributed by atoms with Gasteiger partial charge in [0, 0.05) is 6.42 Å². The molecule has 1 aliphatic heterocycles. The van der Waals surface area contributed by atoms with Gasteiger partial charge in [-0.05, 0) is 30.5 Å². The average molecular weight is 353 g/mol. The Kier molecular flexibility index (Phi) is 5.11. The second-order valence-electron chi connectivity index (χ2n) is 6.81. The van der Waals surface area contributed by atoms with Crippen LogP contribution in [0, 0.1) is 0 Å². The van der Waals surface area contributed by atoms with Crippen LogP contribution in [0.5, 0.6) is 17.2 Å². The molecule has 1 aromatic rings. The van der Waals surface area contributed by atoms with Gasteiger partial charge in [-0.2, -0.15) is 5.48 Å². The first kappa shape index (κ1) is 18.3. The van der Waals surface area contributed by atoms with Crippen LogP contribution in [0.2, 0.25) is 0 Å². The number of hydroxylamine groups is 1. The maximum atomic E-state index is 10.9. The Labute approximate surface area is 147 Å². The molecule has 140 valence electrons. The third-order valence-corrected chi connectivity index (χ3v) is 5.35. The topological polar surface area (TPSA) is 89.4 Å². The molecule has 2 aliphatic rings. The monoisotopic (exact) mass is 353 g/mol. The first-order valence-corrected chi connectivity index (χ1v) is 8.64. The molecule has 0 amide bonds. The Morgan fingerprint density at radius 3 is 2.12 bits per heavy atom. The highest BCUT2D eigenvalue weighted by Gasteiger charge is 2.55. The molecular weight excluding hydrogens is 326 g/mol. The lowest BCUT2D eigenvalue weighted by molar-refractivity contribution is -0.303. The molecule has 7 heteroatoms. The van der Waals surface area contributed by atoms with Gasteiger partial charge in [-0.3, -0.25) is 4.84 Å². The van der Waals surface area contributed by atoms with E-state index in [1.54, 1.807) is 21.3 Å². The Hall–Kier alpha value is -1.54. The molecule has 0 bridgehead atoms. The third-order valence-electron chi connectivity index (χ3n) is 5.35. The Balaban J connectivity index is 1.86. The van der Waals surface area contributed by atoms with Gasteiger partial charge in [0.15, 0.2) is 11.5 Å². The second kappa shape index (κ2) is 6.99. The summed E-state index contributed by atoms with van der Waals surface area (Å²) in [4.78, 5) is 5.50. The lowest BCUT2D eigenvalue weighted by Crippen LogP contribution is -2.55. The molecule has 3 N–H and O–H groups in total. The van der Waals surface area contributed by atoms with Crippen LogP contribution in [-0.4, -0.2) is 42.9 Å². The van der Waals surface area contributed by atoms with Crippen LogP contribution in [-0.2, 0) is 4.84 Å². The Bertz CT molecular complexity index is 591. The van der Waals surface area contributed by atoms with Gasteiger partial charge >= 0.3 is 0 Å². The van der Waals surface area contributed by atoms with E-state index in [-0.39, 0.29) is 12.5 Å². The highest BCUT2D eigenvalue weighted by molar-refractivity contribution is 5.54. The van der Waals surface area contributed by atoms with Gasteiger partial charge in [0.2, 0.25) is 11.5 Å². The smallest absolute Gasteiger partial charge is 0.215 e. The summed E-state index contributed by atoms with van der Waals surface area (Å²) < 4.78 is 16.1. The Morgan fingerprint density at radius 2 is 1.60 bits per heavy atom. The summed E-state index contributed by atoms with van der Waals surface area (Å²) >= 11 is 0. The minimum Gasteiger partial charge on any atom is -0.493 e. The van der Waals surface area contributed by atoms with Gasteiger partial charge in [0.1, 0.15) is 5.60 Å². The highest BCUT2D eigenvalue weighted by atomic mass is 16.8. The third kappa shape index (κ3) is 3.17. The molecule has 7 nitrogen and oxygen atoms in total. The van der Waals surface area contributed by atoms with Crippen molar-refractivity contribution in [3.05, 3.63) is 17.7 Å². The summed E-state index contributed by atoms with van der Waals surface area (Å²) in [5, 5.41) is 21.8. The fourth-order valence-electron chi connectivity index (χ4n) is 3.83. The molecule has 2 fully saturated rings. The van der Waals surface area contributed by atoms with Crippen LogP contribution in [0.25, 0.3) is 0 Å². The van der Waals surface area contributed by atoms with Crippen molar-refractivity contribution >= 4 is 0 Å². The molecule has 1 saturated heterocycles. The van der Waals surface area contributed by atoms with E-state index >= 15 is 0 Å². The normalized spacial score (nSPS) is 28.6. The van der Waals surface area contributed by atoms with E-state index in [4.69, 9.17) is 19.0 Å². The van der Waals surface area contributed by atoms with E-state index in [2.05, 4.69) is 5.48 Å². The quantitative estimate of drug-likeness (QED) is 0.746. The molecule has 25 heavy (non-hydrogen) atoms. The summed E-state index contributed by atoms with van der Waals surface area (Å²) in [6.45, 7) is 0. The maximum Gasteiger partial charge on any atom is 0.215 e. The largest absolute Gasteiger partial charge is 0.493 e. The van der Waals surface area contributed by atoms with Gasteiger partial charge < -0.3 is 24.4 Å². The van der Waals surface area contributed by atoms with Gasteiger partial charge in [-0.1, -0.05) is 19.3 Å². The van der Waals surface area contributed by atoms with Crippen LogP contribution < -0.4 is 19.7 Å². The minimum absolute atomic E-state index is 0.238. The molecule has 0 aromatic heterocycles. The number of hydrogen-bond acceptors (Lipinski definition) is 7. The van der Waals surface area contributed by atoms with Gasteiger partial charge in [0.05, 0.1) is 27.4 Å². The first-order valence-electron chi connectivity index (χ1n) is 8.64. The van der Waals surface area contributed by atoms with Gasteiger partial charge in [-0.15, -0.1) is 0 Å². The molecule has 1 aromatic carbocycles. The number of nitrogens with one attached hydrogen (secondary N) is 1. The van der Waals surface area contributed by atoms with Crippen molar-refractivity contribution < 1.29 is 29.3 Å². The van der Waals surface area contributed by atoms with E-state index < -0.39 is 11.4 Å². The molecule has 1 saturated carbocycles. The standard InChI is InChI=1S/C18H27NO6/c1-22-14-9-12(10-15(23-2)16(14)24-3)13-11-18(21,25-19-13)17(20)7-5-4-6-8-17/h9-10,13,19-21H,4-8,11H2,1-3H3/t13-,18+/m0/s1. The van der Waals surface area contributed by atoms with Crippen molar-refractivity contribution in [3.63, 3.8) is 0 Å². The zero-order valence-corrected chi connectivity index (χ0v) is 15.0. The van der Waals surface area contributed by atoms with E-state index in [1.807, 2.05) is 12.1 Å². The maximum absolute atomic E-state index is 10.9. The fourth-order valence-corrected chi connectivity index (χ4v) is 3.83. The lowest BCUT2D eigenvalue weighted by atomic mass is 9.76. The number of ether oxygens (including phenoxy) is 3. The van der Waals surface area contributed by atoms with Crippen LogP contribution in [0.3, 0.4) is 0 Å². The molecule has 1 aliphatic carbocycles. The second-order valence-corrected chi connectivity index (χ2v) is 6.81. The zero-order chi connectivity index (χ0) is 18.1. The summed E-state index contributed by atoms with van der Waals surface area (Å²) in [5.74, 6) is -0.0388. The summed E-state index contributed by atoms with van der Waals surface area (Å²) in [6, 6.07) is 3.34. The SMILES string of the molecule is COc1cc([C@@H]2C[C@](O)(C3(O)CCCCC3)ON2)cc(OC)c1OC. The zero-order valence-electron chi connectivity index (χ0n) is 15.0. The van der Waals surface area contributed by atoms with Crippen LogP contribution in [0.1, 0.15) is 50.1 Å². The van der Waals surface area contributed by atoms with Crippen molar-refractivity contribution in [2.24, 2.45) is 0 Å². The van der Waals surface area contributed by atoms with Crippen LogP contribution in [0.4, 0.5) is 0 Å². The van der Waals surface area contributed by atoms with Gasteiger partial charge in [-0.25, -0.2) is 0 Å². The first-order chi connectivity index (χ1) is 12.0. The van der Waals surface area contributed by atoms with Crippen molar-refractivity contribution in [1.82, 2.24) is 5.48 Å². The van der Waals surface area contributed by atoms with Crippen LogP contribution in [0.15, 0.2) is 12.1 Å². The Morgan fingerprint density at radius 1 is 1.00 bits per heavy atom. The fraction of sp³-hybridized carbons (Fsp3) is 0.667. The van der Waals surface area contributed by atoms with E-state index in [0.717, 1.165) is 24.8 Å².